The van der Waals surface area contributed by atoms with Crippen LogP contribution in [0.4, 0.5) is 17.1 Å². The molecular weight excluding hydrogens is 953 g/mol. The summed E-state index contributed by atoms with van der Waals surface area (Å²) >= 11 is 0. The van der Waals surface area contributed by atoms with Crippen LogP contribution in [0, 0.1) is 0 Å². The second-order valence-electron chi connectivity index (χ2n) is 20.8. The molecule has 13 aromatic carbocycles. The van der Waals surface area contributed by atoms with Crippen LogP contribution in [-0.2, 0) is 5.41 Å². The molecular formula is C77H52N2. The van der Waals surface area contributed by atoms with Crippen molar-refractivity contribution in [2.75, 3.05) is 4.90 Å². The highest BCUT2D eigenvalue weighted by atomic mass is 15.1. The first-order valence-electron chi connectivity index (χ1n) is 27.3. The molecule has 0 saturated carbocycles. The summed E-state index contributed by atoms with van der Waals surface area (Å²) in [6.45, 7) is 0. The fraction of sp³-hybridized carbons (Fsp3) is 0.0130. The summed E-state index contributed by atoms with van der Waals surface area (Å²) in [5.74, 6) is 0. The van der Waals surface area contributed by atoms with Crippen molar-refractivity contribution in [1.82, 2.24) is 4.57 Å². The van der Waals surface area contributed by atoms with Gasteiger partial charge < -0.3 is 9.47 Å². The van der Waals surface area contributed by atoms with Crippen LogP contribution in [0.25, 0.3) is 93.9 Å². The van der Waals surface area contributed by atoms with Crippen molar-refractivity contribution in [2.45, 2.75) is 5.41 Å². The number of para-hydroxylation sites is 2. The lowest BCUT2D eigenvalue weighted by molar-refractivity contribution is 0.768. The van der Waals surface area contributed by atoms with Gasteiger partial charge in [-0.3, -0.25) is 0 Å². The predicted octanol–water partition coefficient (Wildman–Crippen LogP) is 20.4. The zero-order valence-electron chi connectivity index (χ0n) is 43.4. The third kappa shape index (κ3) is 7.64. The number of hydrogen-bond donors (Lipinski definition) is 0. The van der Waals surface area contributed by atoms with Gasteiger partial charge >= 0.3 is 0 Å². The average molecular weight is 1010 g/mol. The van der Waals surface area contributed by atoms with Crippen LogP contribution in [-0.4, -0.2) is 4.57 Å². The molecule has 2 heteroatoms. The standard InChI is InChI=1S/C77H52N2/c1-3-20-53(21-4-1)66-36-18-22-55-23-19-37-67(76(55)66)54-42-46-62(47-43-54)78(63-48-44-61(45-49-63)77(60-28-5-2-6-29-60)72-38-11-7-32-68(72)69-33-8-12-39-73(69)77)64-30-16-26-58(51-64)56-24-15-25-57(50-56)59-27-17-31-65(52-59)79-74-40-13-9-34-70(74)71-35-10-14-41-75(71)79/h1-52H. The number of benzene rings is 13. The van der Waals surface area contributed by atoms with E-state index < -0.39 is 5.41 Å². The van der Waals surface area contributed by atoms with Gasteiger partial charge in [-0.25, -0.2) is 0 Å². The van der Waals surface area contributed by atoms with E-state index in [0.717, 1.165) is 33.9 Å². The molecule has 1 aliphatic carbocycles. The summed E-state index contributed by atoms with van der Waals surface area (Å²) in [6.07, 6.45) is 0. The van der Waals surface area contributed by atoms with Gasteiger partial charge in [0.25, 0.3) is 0 Å². The minimum absolute atomic E-state index is 0.496. The van der Waals surface area contributed by atoms with Gasteiger partial charge in [0.2, 0.25) is 0 Å². The minimum Gasteiger partial charge on any atom is -0.310 e. The van der Waals surface area contributed by atoms with Gasteiger partial charge in [-0.15, -0.1) is 0 Å². The molecule has 0 spiro atoms. The third-order valence-electron chi connectivity index (χ3n) is 16.5. The smallest absolute Gasteiger partial charge is 0.0713 e. The van der Waals surface area contributed by atoms with Gasteiger partial charge in [-0.05, 0) is 155 Å². The van der Waals surface area contributed by atoms with Crippen molar-refractivity contribution in [3.8, 4) is 61.3 Å². The van der Waals surface area contributed by atoms with Crippen molar-refractivity contribution in [1.29, 1.82) is 0 Å². The number of fused-ring (bicyclic) bond motifs is 7. The normalized spacial score (nSPS) is 12.4. The van der Waals surface area contributed by atoms with Gasteiger partial charge in [0.1, 0.15) is 0 Å². The summed E-state index contributed by atoms with van der Waals surface area (Å²) < 4.78 is 2.40. The maximum absolute atomic E-state index is 2.42. The molecule has 0 amide bonds. The molecule has 0 saturated heterocycles. The molecule has 15 rings (SSSR count). The largest absolute Gasteiger partial charge is 0.310 e. The number of anilines is 3. The lowest BCUT2D eigenvalue weighted by atomic mass is 9.68. The first kappa shape index (κ1) is 46.1. The zero-order chi connectivity index (χ0) is 52.3. The Kier molecular flexibility index (Phi) is 11.1. The highest BCUT2D eigenvalue weighted by Gasteiger charge is 2.45. The molecule has 1 aliphatic rings. The molecule has 14 aromatic rings. The van der Waals surface area contributed by atoms with Crippen molar-refractivity contribution in [3.05, 3.63) is 338 Å². The molecule has 370 valence electrons. The first-order valence-corrected chi connectivity index (χ1v) is 27.3. The van der Waals surface area contributed by atoms with Gasteiger partial charge in [-0.2, -0.15) is 0 Å². The Bertz CT molecular complexity index is 4480. The number of nitrogens with zero attached hydrogens (tertiary/aromatic N) is 2. The van der Waals surface area contributed by atoms with Crippen LogP contribution < -0.4 is 4.90 Å². The number of aromatic nitrogens is 1. The second-order valence-corrected chi connectivity index (χ2v) is 20.8. The molecule has 0 unspecified atom stereocenters. The SMILES string of the molecule is c1ccc(-c2cccc3cccc(-c4ccc(N(c5ccc(C6(c7ccccc7)c7ccccc7-c7ccccc76)cc5)c5cccc(-c6cccc(-c7cccc(-n8c9ccccc9c9ccccc98)c7)c6)c5)cc4)c23)cc1. The van der Waals surface area contributed by atoms with E-state index in [1.807, 2.05) is 0 Å². The van der Waals surface area contributed by atoms with Crippen molar-refractivity contribution < 1.29 is 0 Å². The van der Waals surface area contributed by atoms with E-state index in [2.05, 4.69) is 325 Å². The van der Waals surface area contributed by atoms with Crippen LogP contribution in [0.15, 0.2) is 315 Å². The maximum Gasteiger partial charge on any atom is 0.0713 e. The van der Waals surface area contributed by atoms with E-state index in [9.17, 15) is 0 Å². The molecule has 0 radical (unpaired) electrons. The topological polar surface area (TPSA) is 8.17 Å². The molecule has 0 aliphatic heterocycles. The zero-order valence-corrected chi connectivity index (χ0v) is 43.4. The molecule has 1 aromatic heterocycles. The summed E-state index contributed by atoms with van der Waals surface area (Å²) in [7, 11) is 0. The quantitative estimate of drug-likeness (QED) is 0.133. The number of hydrogen-bond acceptors (Lipinski definition) is 1. The lowest BCUT2D eigenvalue weighted by Gasteiger charge is -2.34. The predicted molar refractivity (Wildman–Crippen MR) is 332 cm³/mol. The average Bonchev–Trinajstić information content (AvgIpc) is 3.43. The fourth-order valence-corrected chi connectivity index (χ4v) is 13.0. The molecule has 79 heavy (non-hydrogen) atoms. The van der Waals surface area contributed by atoms with Crippen molar-refractivity contribution in [3.63, 3.8) is 0 Å². The summed E-state index contributed by atoms with van der Waals surface area (Å²) in [6, 6.07) is 116. The Hall–Kier alpha value is -10.3. The summed E-state index contributed by atoms with van der Waals surface area (Å²) in [5, 5.41) is 5.00. The van der Waals surface area contributed by atoms with Crippen LogP contribution in [0.1, 0.15) is 22.3 Å². The second kappa shape index (κ2) is 19.1. The van der Waals surface area contributed by atoms with E-state index in [1.165, 1.54) is 99.3 Å². The van der Waals surface area contributed by atoms with Gasteiger partial charge in [0.05, 0.1) is 16.4 Å². The van der Waals surface area contributed by atoms with Gasteiger partial charge in [-0.1, -0.05) is 249 Å². The van der Waals surface area contributed by atoms with Crippen LogP contribution in [0.5, 0.6) is 0 Å². The third-order valence-corrected chi connectivity index (χ3v) is 16.5. The van der Waals surface area contributed by atoms with E-state index in [0.29, 0.717) is 0 Å². The van der Waals surface area contributed by atoms with Crippen LogP contribution in [0.3, 0.4) is 0 Å². The first-order chi connectivity index (χ1) is 39.2. The van der Waals surface area contributed by atoms with Crippen molar-refractivity contribution >= 4 is 49.6 Å². The summed E-state index contributed by atoms with van der Waals surface area (Å²) in [5.41, 5.74) is 23.4. The van der Waals surface area contributed by atoms with Crippen LogP contribution in [0.2, 0.25) is 0 Å². The van der Waals surface area contributed by atoms with E-state index in [1.54, 1.807) is 0 Å². The number of rotatable bonds is 10. The Labute approximate surface area is 461 Å². The molecule has 0 bridgehead atoms. The highest BCUT2D eigenvalue weighted by Crippen LogP contribution is 2.56. The lowest BCUT2D eigenvalue weighted by Crippen LogP contribution is -2.28. The van der Waals surface area contributed by atoms with Gasteiger partial charge in [0, 0.05) is 33.5 Å². The van der Waals surface area contributed by atoms with E-state index in [4.69, 9.17) is 0 Å². The Morgan fingerprint density at radius 2 is 0.696 bits per heavy atom. The Balaban J connectivity index is 0.851. The highest BCUT2D eigenvalue weighted by molar-refractivity contribution is 6.09. The fourth-order valence-electron chi connectivity index (χ4n) is 13.0. The summed E-state index contributed by atoms with van der Waals surface area (Å²) in [4.78, 5) is 2.42. The van der Waals surface area contributed by atoms with Gasteiger partial charge in [0.15, 0.2) is 0 Å². The Morgan fingerprint density at radius 3 is 1.32 bits per heavy atom. The molecule has 0 N–H and O–H groups in total. The van der Waals surface area contributed by atoms with Crippen molar-refractivity contribution in [2.24, 2.45) is 0 Å². The Morgan fingerprint density at radius 1 is 0.266 bits per heavy atom. The molecule has 0 atom stereocenters. The molecule has 1 heterocycles. The monoisotopic (exact) mass is 1000 g/mol. The van der Waals surface area contributed by atoms with E-state index in [-0.39, 0.29) is 0 Å². The van der Waals surface area contributed by atoms with Crippen LogP contribution >= 0.6 is 0 Å². The molecule has 2 nitrogen and oxygen atoms in total. The van der Waals surface area contributed by atoms with E-state index >= 15 is 0 Å². The minimum atomic E-state index is -0.496. The maximum atomic E-state index is 2.42. The molecule has 0 fully saturated rings.